The van der Waals surface area contributed by atoms with Crippen molar-refractivity contribution in [3.8, 4) is 0 Å². The molecule has 2 rings (SSSR count). The average Bonchev–Trinajstić information content (AvgIpc) is 2.51. The second kappa shape index (κ2) is 7.62. The van der Waals surface area contributed by atoms with Crippen LogP contribution in [0.1, 0.15) is 51.1 Å². The highest BCUT2D eigenvalue weighted by Crippen LogP contribution is 2.34. The number of halogens is 1. The van der Waals surface area contributed by atoms with Gasteiger partial charge in [-0.3, -0.25) is 0 Å². The monoisotopic (exact) mass is 308 g/mol. The lowest BCUT2D eigenvalue weighted by Gasteiger charge is -2.39. The van der Waals surface area contributed by atoms with Crippen molar-refractivity contribution >= 4 is 11.6 Å². The Morgan fingerprint density at radius 3 is 2.38 bits per heavy atom. The lowest BCUT2D eigenvalue weighted by atomic mass is 9.78. The molecule has 0 spiro atoms. The third-order valence-electron chi connectivity index (χ3n) is 5.27. The largest absolute Gasteiger partial charge is 0.313 e. The maximum atomic E-state index is 5.97. The van der Waals surface area contributed by atoms with Crippen LogP contribution >= 0.6 is 11.6 Å². The SMILES string of the molecule is CCC1(C)CCN(CCC(NC)c2ccc(Cl)cc2)CC1. The lowest BCUT2D eigenvalue weighted by molar-refractivity contribution is 0.111. The van der Waals surface area contributed by atoms with E-state index in [0.717, 1.165) is 11.4 Å². The number of piperidine rings is 1. The molecule has 1 aliphatic heterocycles. The normalized spacial score (nSPS) is 20.4. The van der Waals surface area contributed by atoms with E-state index in [0.29, 0.717) is 11.5 Å². The van der Waals surface area contributed by atoms with E-state index < -0.39 is 0 Å². The van der Waals surface area contributed by atoms with Gasteiger partial charge < -0.3 is 10.2 Å². The molecule has 1 aromatic rings. The van der Waals surface area contributed by atoms with Gasteiger partial charge in [-0.05, 0) is 69.1 Å². The minimum Gasteiger partial charge on any atom is -0.313 e. The molecule has 21 heavy (non-hydrogen) atoms. The van der Waals surface area contributed by atoms with Crippen LogP contribution in [0.3, 0.4) is 0 Å². The first-order chi connectivity index (χ1) is 10.1. The quantitative estimate of drug-likeness (QED) is 0.832. The lowest BCUT2D eigenvalue weighted by Crippen LogP contribution is -2.39. The van der Waals surface area contributed by atoms with Crippen molar-refractivity contribution in [2.45, 2.75) is 45.6 Å². The molecule has 1 heterocycles. The molecule has 0 aromatic heterocycles. The molecular formula is C18H29ClN2. The Morgan fingerprint density at radius 2 is 1.86 bits per heavy atom. The molecule has 1 saturated heterocycles. The van der Waals surface area contributed by atoms with Crippen molar-refractivity contribution in [2.24, 2.45) is 5.41 Å². The van der Waals surface area contributed by atoms with E-state index in [9.17, 15) is 0 Å². The van der Waals surface area contributed by atoms with Gasteiger partial charge in [-0.15, -0.1) is 0 Å². The number of benzene rings is 1. The second-order valence-corrected chi connectivity index (χ2v) is 7.12. The fraction of sp³-hybridized carbons (Fsp3) is 0.667. The van der Waals surface area contributed by atoms with E-state index in [-0.39, 0.29) is 0 Å². The van der Waals surface area contributed by atoms with E-state index in [1.807, 2.05) is 19.2 Å². The first-order valence-corrected chi connectivity index (χ1v) is 8.59. The Kier molecular flexibility index (Phi) is 6.09. The molecule has 1 unspecified atom stereocenters. The van der Waals surface area contributed by atoms with Gasteiger partial charge in [0.1, 0.15) is 0 Å². The summed E-state index contributed by atoms with van der Waals surface area (Å²) >= 11 is 5.97. The summed E-state index contributed by atoms with van der Waals surface area (Å²) in [6, 6.07) is 8.65. The second-order valence-electron chi connectivity index (χ2n) is 6.69. The van der Waals surface area contributed by atoms with E-state index in [4.69, 9.17) is 11.6 Å². The van der Waals surface area contributed by atoms with Crippen LogP contribution in [0.25, 0.3) is 0 Å². The van der Waals surface area contributed by atoms with Crippen molar-refractivity contribution in [2.75, 3.05) is 26.7 Å². The first kappa shape index (κ1) is 16.8. The highest BCUT2D eigenvalue weighted by Gasteiger charge is 2.28. The molecule has 2 nitrogen and oxygen atoms in total. The van der Waals surface area contributed by atoms with Crippen LogP contribution < -0.4 is 5.32 Å². The van der Waals surface area contributed by atoms with Gasteiger partial charge in [0, 0.05) is 11.1 Å². The van der Waals surface area contributed by atoms with E-state index in [1.54, 1.807) is 0 Å². The summed E-state index contributed by atoms with van der Waals surface area (Å²) in [5, 5.41) is 4.24. The van der Waals surface area contributed by atoms with Gasteiger partial charge in [-0.25, -0.2) is 0 Å². The number of hydrogen-bond acceptors (Lipinski definition) is 2. The minimum absolute atomic E-state index is 0.418. The van der Waals surface area contributed by atoms with Crippen molar-refractivity contribution in [3.63, 3.8) is 0 Å². The summed E-state index contributed by atoms with van der Waals surface area (Å²) in [6.07, 6.45) is 5.15. The zero-order valence-electron chi connectivity index (χ0n) is 13.7. The zero-order chi connectivity index (χ0) is 15.3. The van der Waals surface area contributed by atoms with Gasteiger partial charge in [-0.2, -0.15) is 0 Å². The molecule has 0 aliphatic carbocycles. The van der Waals surface area contributed by atoms with Crippen molar-refractivity contribution in [1.29, 1.82) is 0 Å². The maximum absolute atomic E-state index is 5.97. The smallest absolute Gasteiger partial charge is 0.0406 e. The predicted octanol–water partition coefficient (Wildman–Crippen LogP) is 4.50. The Morgan fingerprint density at radius 1 is 1.24 bits per heavy atom. The molecule has 1 atom stereocenters. The highest BCUT2D eigenvalue weighted by atomic mass is 35.5. The Labute approximate surface area is 134 Å². The van der Waals surface area contributed by atoms with Crippen molar-refractivity contribution in [1.82, 2.24) is 10.2 Å². The van der Waals surface area contributed by atoms with Gasteiger partial charge >= 0.3 is 0 Å². The minimum atomic E-state index is 0.418. The number of nitrogens with zero attached hydrogens (tertiary/aromatic N) is 1. The van der Waals surface area contributed by atoms with E-state index in [2.05, 4.69) is 36.2 Å². The number of likely N-dealkylation sites (tertiary alicyclic amines) is 1. The van der Waals surface area contributed by atoms with Crippen LogP contribution in [-0.4, -0.2) is 31.6 Å². The molecular weight excluding hydrogens is 280 g/mol. The van der Waals surface area contributed by atoms with Crippen LogP contribution in [0.5, 0.6) is 0 Å². The van der Waals surface area contributed by atoms with Gasteiger partial charge in [0.25, 0.3) is 0 Å². The summed E-state index contributed by atoms with van der Waals surface area (Å²) in [5.74, 6) is 0. The Hall–Kier alpha value is -0.570. The van der Waals surface area contributed by atoms with Gasteiger partial charge in [0.05, 0.1) is 0 Å². The van der Waals surface area contributed by atoms with Gasteiger partial charge in [0.15, 0.2) is 0 Å². The third-order valence-corrected chi connectivity index (χ3v) is 5.52. The highest BCUT2D eigenvalue weighted by molar-refractivity contribution is 6.30. The molecule has 118 valence electrons. The maximum Gasteiger partial charge on any atom is 0.0406 e. The molecule has 3 heteroatoms. The summed E-state index contributed by atoms with van der Waals surface area (Å²) in [5.41, 5.74) is 1.91. The van der Waals surface area contributed by atoms with Crippen LogP contribution in [0, 0.1) is 5.41 Å². The van der Waals surface area contributed by atoms with Crippen LogP contribution in [-0.2, 0) is 0 Å². The third kappa shape index (κ3) is 4.70. The van der Waals surface area contributed by atoms with E-state index in [1.165, 1.54) is 44.5 Å². The summed E-state index contributed by atoms with van der Waals surface area (Å²) in [7, 11) is 2.05. The zero-order valence-corrected chi connectivity index (χ0v) is 14.4. The molecule has 1 N–H and O–H groups in total. The number of hydrogen-bond donors (Lipinski definition) is 1. The number of rotatable bonds is 6. The Balaban J connectivity index is 1.83. The average molecular weight is 309 g/mol. The van der Waals surface area contributed by atoms with Gasteiger partial charge in [0.2, 0.25) is 0 Å². The van der Waals surface area contributed by atoms with Crippen LogP contribution in [0.4, 0.5) is 0 Å². The van der Waals surface area contributed by atoms with Crippen LogP contribution in [0.2, 0.25) is 5.02 Å². The number of nitrogens with one attached hydrogen (secondary N) is 1. The Bertz CT molecular complexity index is 421. The molecule has 0 saturated carbocycles. The molecule has 0 amide bonds. The van der Waals surface area contributed by atoms with Crippen LogP contribution in [0.15, 0.2) is 24.3 Å². The predicted molar refractivity (Wildman–Crippen MR) is 91.9 cm³/mol. The van der Waals surface area contributed by atoms with E-state index >= 15 is 0 Å². The summed E-state index contributed by atoms with van der Waals surface area (Å²) in [4.78, 5) is 2.62. The molecule has 0 radical (unpaired) electrons. The molecule has 1 fully saturated rings. The topological polar surface area (TPSA) is 15.3 Å². The molecule has 1 aliphatic rings. The fourth-order valence-electron chi connectivity index (χ4n) is 3.15. The van der Waals surface area contributed by atoms with Gasteiger partial charge in [-0.1, -0.05) is 44.0 Å². The fourth-order valence-corrected chi connectivity index (χ4v) is 3.28. The van der Waals surface area contributed by atoms with Crippen molar-refractivity contribution < 1.29 is 0 Å². The summed E-state index contributed by atoms with van der Waals surface area (Å²) in [6.45, 7) is 8.44. The molecule has 1 aromatic carbocycles. The molecule has 0 bridgehead atoms. The first-order valence-electron chi connectivity index (χ1n) is 8.21. The standard InChI is InChI=1S/C18H29ClN2/c1-4-18(2)10-13-21(14-11-18)12-9-17(20-3)15-5-7-16(19)8-6-15/h5-8,17,20H,4,9-14H2,1-3H3. The summed E-state index contributed by atoms with van der Waals surface area (Å²) < 4.78 is 0. The van der Waals surface area contributed by atoms with Crippen molar-refractivity contribution in [3.05, 3.63) is 34.9 Å².